The van der Waals surface area contributed by atoms with Crippen LogP contribution in [0, 0.1) is 0 Å². The lowest BCUT2D eigenvalue weighted by Crippen LogP contribution is -2.41. The number of thiophene rings is 1. The molecule has 0 aliphatic heterocycles. The van der Waals surface area contributed by atoms with Gasteiger partial charge in [0.25, 0.3) is 5.91 Å². The summed E-state index contributed by atoms with van der Waals surface area (Å²) in [6.07, 6.45) is -2.78. The maximum atomic E-state index is 13.2. The molecular weight excluding hydrogens is 481 g/mol. The molecular formula is C20H20BrF3N4OS. The highest BCUT2D eigenvalue weighted by atomic mass is 79.9. The van der Waals surface area contributed by atoms with Crippen LogP contribution in [0.4, 0.5) is 13.2 Å². The molecule has 1 atom stereocenters. The first-order valence-electron chi connectivity index (χ1n) is 9.20. The largest absolute Gasteiger partial charge is 0.416 e. The van der Waals surface area contributed by atoms with Gasteiger partial charge < -0.3 is 11.1 Å². The summed E-state index contributed by atoms with van der Waals surface area (Å²) in [5.74, 6) is -0.370. The predicted octanol–water partition coefficient (Wildman–Crippen LogP) is 4.71. The Kier molecular flexibility index (Phi) is 6.99. The van der Waals surface area contributed by atoms with Gasteiger partial charge in [0.1, 0.15) is 0 Å². The minimum Gasteiger partial charge on any atom is -0.347 e. The van der Waals surface area contributed by atoms with Gasteiger partial charge in [-0.1, -0.05) is 18.2 Å². The van der Waals surface area contributed by atoms with Crippen LogP contribution in [-0.2, 0) is 19.1 Å². The van der Waals surface area contributed by atoms with Crippen molar-refractivity contribution in [1.29, 1.82) is 0 Å². The summed E-state index contributed by atoms with van der Waals surface area (Å²) in [5.41, 5.74) is 6.82. The van der Waals surface area contributed by atoms with Crippen LogP contribution in [-0.4, -0.2) is 28.3 Å². The molecule has 30 heavy (non-hydrogen) atoms. The van der Waals surface area contributed by atoms with E-state index in [2.05, 4.69) is 26.3 Å². The first kappa shape index (κ1) is 22.5. The van der Waals surface area contributed by atoms with Gasteiger partial charge in [0.2, 0.25) is 0 Å². The number of nitrogens with two attached hydrogens (primary N) is 1. The quantitative estimate of drug-likeness (QED) is 0.493. The molecule has 3 rings (SSSR count). The zero-order chi connectivity index (χ0) is 21.9. The molecule has 0 fully saturated rings. The van der Waals surface area contributed by atoms with Crippen LogP contribution in [0.3, 0.4) is 0 Å². The van der Waals surface area contributed by atoms with Gasteiger partial charge >= 0.3 is 6.18 Å². The van der Waals surface area contributed by atoms with E-state index in [0.29, 0.717) is 11.4 Å². The minimum absolute atomic E-state index is 0.00961. The molecule has 3 N–H and O–H groups in total. The fraction of sp³-hybridized carbons (Fsp3) is 0.300. The first-order chi connectivity index (χ1) is 14.2. The number of alkyl halides is 3. The fourth-order valence-corrected chi connectivity index (χ4v) is 4.48. The predicted molar refractivity (Wildman–Crippen MR) is 114 cm³/mol. The lowest BCUT2D eigenvalue weighted by molar-refractivity contribution is -0.138. The molecule has 0 radical (unpaired) electrons. The summed E-state index contributed by atoms with van der Waals surface area (Å²) in [6, 6.07) is 6.44. The highest BCUT2D eigenvalue weighted by molar-refractivity contribution is 9.10. The van der Waals surface area contributed by atoms with Crippen molar-refractivity contribution in [3.05, 3.63) is 62.4 Å². The highest BCUT2D eigenvalue weighted by Gasteiger charge is 2.33. The molecule has 0 aliphatic carbocycles. The molecule has 1 amide bonds. The average Bonchev–Trinajstić information content (AvgIpc) is 3.33. The zero-order valence-corrected chi connectivity index (χ0v) is 18.4. The second kappa shape index (κ2) is 9.32. The Hall–Kier alpha value is -2.17. The Morgan fingerprint density at radius 2 is 2.10 bits per heavy atom. The lowest BCUT2D eigenvalue weighted by atomic mass is 9.99. The lowest BCUT2D eigenvalue weighted by Gasteiger charge is -2.19. The third kappa shape index (κ3) is 4.93. The topological polar surface area (TPSA) is 72.9 Å². The fourth-order valence-electron chi connectivity index (χ4n) is 3.16. The third-order valence-corrected chi connectivity index (χ3v) is 6.11. The molecule has 0 saturated heterocycles. The van der Waals surface area contributed by atoms with Crippen LogP contribution in [0.5, 0.6) is 0 Å². The molecule has 2 heterocycles. The number of aromatic nitrogens is 2. The summed E-state index contributed by atoms with van der Waals surface area (Å²) < 4.78 is 42.3. The SMILES string of the molecule is CCn1ncc(Br)c1-c1csc(C(=O)NC(CN)Cc2ccccc2C(F)(F)F)c1. The summed E-state index contributed by atoms with van der Waals surface area (Å²) in [7, 11) is 0. The molecule has 0 spiro atoms. The number of rotatable bonds is 7. The normalized spacial score (nSPS) is 12.7. The van der Waals surface area contributed by atoms with Crippen LogP contribution in [0.1, 0.15) is 27.7 Å². The summed E-state index contributed by atoms with van der Waals surface area (Å²) >= 11 is 4.72. The van der Waals surface area contributed by atoms with Crippen molar-refractivity contribution in [3.8, 4) is 11.3 Å². The van der Waals surface area contributed by atoms with E-state index >= 15 is 0 Å². The van der Waals surface area contributed by atoms with Gasteiger partial charge in [0.15, 0.2) is 0 Å². The van der Waals surface area contributed by atoms with E-state index in [9.17, 15) is 18.0 Å². The van der Waals surface area contributed by atoms with Crippen molar-refractivity contribution in [1.82, 2.24) is 15.1 Å². The molecule has 2 aromatic heterocycles. The molecule has 160 valence electrons. The Bertz CT molecular complexity index is 1030. The molecule has 0 bridgehead atoms. The number of benzene rings is 1. The third-order valence-electron chi connectivity index (χ3n) is 4.60. The molecule has 1 aromatic carbocycles. The molecule has 0 aliphatic rings. The number of aryl methyl sites for hydroxylation is 1. The van der Waals surface area contributed by atoms with Crippen LogP contribution in [0.15, 0.2) is 46.4 Å². The van der Waals surface area contributed by atoms with Gasteiger partial charge in [-0.05, 0) is 47.0 Å². The van der Waals surface area contributed by atoms with E-state index in [-0.39, 0.29) is 24.4 Å². The van der Waals surface area contributed by atoms with Crippen LogP contribution in [0.25, 0.3) is 11.3 Å². The van der Waals surface area contributed by atoms with Gasteiger partial charge in [-0.3, -0.25) is 9.48 Å². The van der Waals surface area contributed by atoms with Crippen LogP contribution in [0.2, 0.25) is 0 Å². The van der Waals surface area contributed by atoms with Crippen molar-refractivity contribution in [2.45, 2.75) is 32.1 Å². The second-order valence-corrected chi connectivity index (χ2v) is 8.39. The second-order valence-electron chi connectivity index (χ2n) is 6.62. The van der Waals surface area contributed by atoms with Gasteiger partial charge in [-0.25, -0.2) is 0 Å². The van der Waals surface area contributed by atoms with Gasteiger partial charge in [0, 0.05) is 30.1 Å². The Balaban J connectivity index is 1.76. The Morgan fingerprint density at radius 1 is 1.37 bits per heavy atom. The number of amides is 1. The van der Waals surface area contributed by atoms with E-state index in [1.165, 1.54) is 23.5 Å². The maximum absolute atomic E-state index is 13.2. The molecule has 5 nitrogen and oxygen atoms in total. The molecule has 3 aromatic rings. The van der Waals surface area contributed by atoms with Crippen molar-refractivity contribution in [3.63, 3.8) is 0 Å². The molecule has 10 heteroatoms. The average molecular weight is 501 g/mol. The summed E-state index contributed by atoms with van der Waals surface area (Å²) in [5, 5.41) is 8.87. The van der Waals surface area contributed by atoms with E-state index in [1.54, 1.807) is 18.3 Å². The van der Waals surface area contributed by atoms with E-state index in [1.807, 2.05) is 17.0 Å². The van der Waals surface area contributed by atoms with Crippen molar-refractivity contribution < 1.29 is 18.0 Å². The summed E-state index contributed by atoms with van der Waals surface area (Å²) in [4.78, 5) is 13.1. The van der Waals surface area contributed by atoms with Gasteiger partial charge in [-0.2, -0.15) is 18.3 Å². The standard InChI is InChI=1S/C20H20BrF3N4OS/c1-2-28-18(16(21)10-26-28)13-8-17(30-11-13)19(29)27-14(9-25)7-12-5-3-4-6-15(12)20(22,23)24/h3-6,8,10-11,14H,2,7,9,25H2,1H3,(H,27,29). The highest BCUT2D eigenvalue weighted by Crippen LogP contribution is 2.33. The first-order valence-corrected chi connectivity index (χ1v) is 10.9. The number of carbonyl (C=O) groups is 1. The number of hydrogen-bond donors (Lipinski definition) is 2. The Labute approximate surface area is 184 Å². The zero-order valence-electron chi connectivity index (χ0n) is 16.0. The number of hydrogen-bond acceptors (Lipinski definition) is 4. The monoisotopic (exact) mass is 500 g/mol. The van der Waals surface area contributed by atoms with E-state index < -0.39 is 17.8 Å². The van der Waals surface area contributed by atoms with Crippen molar-refractivity contribution >= 4 is 33.2 Å². The number of nitrogens with one attached hydrogen (secondary N) is 1. The molecule has 0 saturated carbocycles. The van der Waals surface area contributed by atoms with E-state index in [4.69, 9.17) is 5.73 Å². The van der Waals surface area contributed by atoms with Gasteiger partial charge in [0.05, 0.1) is 26.8 Å². The number of halogens is 4. The van der Waals surface area contributed by atoms with Crippen LogP contribution >= 0.6 is 27.3 Å². The smallest absolute Gasteiger partial charge is 0.347 e. The number of nitrogens with zero attached hydrogens (tertiary/aromatic N) is 2. The Morgan fingerprint density at radius 3 is 2.77 bits per heavy atom. The number of carbonyl (C=O) groups excluding carboxylic acids is 1. The van der Waals surface area contributed by atoms with E-state index in [0.717, 1.165) is 21.8 Å². The van der Waals surface area contributed by atoms with Crippen molar-refractivity contribution in [2.24, 2.45) is 5.73 Å². The minimum atomic E-state index is -4.46. The maximum Gasteiger partial charge on any atom is 0.416 e. The van der Waals surface area contributed by atoms with Crippen molar-refractivity contribution in [2.75, 3.05) is 6.54 Å². The van der Waals surface area contributed by atoms with Gasteiger partial charge in [-0.15, -0.1) is 11.3 Å². The van der Waals surface area contributed by atoms with Crippen LogP contribution < -0.4 is 11.1 Å². The molecule has 1 unspecified atom stereocenters. The summed E-state index contributed by atoms with van der Waals surface area (Å²) in [6.45, 7) is 2.66.